The Morgan fingerprint density at radius 1 is 1.31 bits per heavy atom. The third-order valence-corrected chi connectivity index (χ3v) is 2.89. The molecule has 0 radical (unpaired) electrons. The molecule has 1 aromatic heterocycles. The van der Waals surface area contributed by atoms with Crippen molar-refractivity contribution < 1.29 is 4.52 Å². The molecule has 2 nitrogen and oxygen atoms in total. The molecule has 2 heteroatoms. The summed E-state index contributed by atoms with van der Waals surface area (Å²) in [6.45, 7) is 1.99. The largest absolute Gasteiger partial charge is 0.356 e. The molecule has 0 aliphatic heterocycles. The first-order valence-electron chi connectivity index (χ1n) is 4.73. The van der Waals surface area contributed by atoms with Crippen molar-refractivity contribution >= 4 is 11.0 Å². The molecule has 1 aromatic carbocycles. The first kappa shape index (κ1) is 7.13. The van der Waals surface area contributed by atoms with Crippen molar-refractivity contribution in [2.75, 3.05) is 0 Å². The minimum atomic E-state index is 1.00. The molecule has 0 unspecified atom stereocenters. The highest BCUT2D eigenvalue weighted by Gasteiger charge is 2.17. The second kappa shape index (κ2) is 2.34. The summed E-state index contributed by atoms with van der Waals surface area (Å²) in [6.07, 6.45) is 3.61. The van der Waals surface area contributed by atoms with Crippen molar-refractivity contribution in [1.82, 2.24) is 5.16 Å². The Labute approximate surface area is 76.5 Å². The van der Waals surface area contributed by atoms with E-state index in [1.807, 2.05) is 6.92 Å². The molecule has 2 aromatic rings. The molecule has 0 saturated heterocycles. The van der Waals surface area contributed by atoms with Crippen LogP contribution >= 0.6 is 0 Å². The second-order valence-corrected chi connectivity index (χ2v) is 3.70. The summed E-state index contributed by atoms with van der Waals surface area (Å²) in [5.41, 5.74) is 4.86. The first-order valence-corrected chi connectivity index (χ1v) is 4.73. The Hall–Kier alpha value is -1.31. The summed E-state index contributed by atoms with van der Waals surface area (Å²) in [4.78, 5) is 0. The van der Waals surface area contributed by atoms with Gasteiger partial charge in [0.05, 0.1) is 5.69 Å². The molecular weight excluding hydrogens is 162 g/mol. The van der Waals surface area contributed by atoms with Crippen LogP contribution in [0.25, 0.3) is 11.0 Å². The van der Waals surface area contributed by atoms with Crippen molar-refractivity contribution in [1.29, 1.82) is 0 Å². The first-order chi connectivity index (χ1) is 6.36. The molecular formula is C11H11NO. The van der Waals surface area contributed by atoms with Gasteiger partial charge < -0.3 is 4.52 Å². The van der Waals surface area contributed by atoms with E-state index in [-0.39, 0.29) is 0 Å². The molecule has 0 N–H and O–H groups in total. The third kappa shape index (κ3) is 0.857. The Bertz CT molecular complexity index is 470. The average molecular weight is 173 g/mol. The summed E-state index contributed by atoms with van der Waals surface area (Å²) >= 11 is 0. The van der Waals surface area contributed by atoms with E-state index >= 15 is 0 Å². The highest BCUT2D eigenvalue weighted by atomic mass is 16.5. The standard InChI is InChI=1S/C11H11NO/c1-7-9-6-5-8-3-2-4-10(8)11(9)13-12-7/h5-6H,2-4H2,1H3. The fraction of sp³-hybridized carbons (Fsp3) is 0.364. The fourth-order valence-electron chi connectivity index (χ4n) is 2.18. The van der Waals surface area contributed by atoms with Gasteiger partial charge in [-0.15, -0.1) is 0 Å². The molecule has 0 atom stereocenters. The number of nitrogens with zero attached hydrogens (tertiary/aromatic N) is 1. The van der Waals surface area contributed by atoms with Crippen LogP contribution in [0.4, 0.5) is 0 Å². The van der Waals surface area contributed by atoms with Gasteiger partial charge in [0.2, 0.25) is 0 Å². The van der Waals surface area contributed by atoms with Crippen LogP contribution in [-0.2, 0) is 12.8 Å². The van der Waals surface area contributed by atoms with E-state index < -0.39 is 0 Å². The number of fused-ring (bicyclic) bond motifs is 3. The normalized spacial score (nSPS) is 15.2. The third-order valence-electron chi connectivity index (χ3n) is 2.89. The van der Waals surface area contributed by atoms with E-state index in [9.17, 15) is 0 Å². The van der Waals surface area contributed by atoms with E-state index in [2.05, 4.69) is 17.3 Å². The number of hydrogen-bond donors (Lipinski definition) is 0. The number of aromatic nitrogens is 1. The maximum Gasteiger partial charge on any atom is 0.170 e. The van der Waals surface area contributed by atoms with Crippen molar-refractivity contribution in [2.45, 2.75) is 26.2 Å². The lowest BCUT2D eigenvalue weighted by Gasteiger charge is -1.97. The van der Waals surface area contributed by atoms with Crippen LogP contribution in [0.2, 0.25) is 0 Å². The molecule has 66 valence electrons. The number of benzene rings is 1. The molecule has 0 saturated carbocycles. The van der Waals surface area contributed by atoms with E-state index in [1.54, 1.807) is 0 Å². The molecule has 1 heterocycles. The maximum absolute atomic E-state index is 5.34. The molecule has 3 rings (SSSR count). The lowest BCUT2D eigenvalue weighted by molar-refractivity contribution is 0.448. The zero-order chi connectivity index (χ0) is 8.84. The van der Waals surface area contributed by atoms with Gasteiger partial charge in [-0.05, 0) is 37.8 Å². The monoisotopic (exact) mass is 173 g/mol. The Balaban J connectivity index is 2.44. The van der Waals surface area contributed by atoms with E-state index in [0.29, 0.717) is 0 Å². The van der Waals surface area contributed by atoms with Gasteiger partial charge in [-0.1, -0.05) is 11.2 Å². The predicted octanol–water partition coefficient (Wildman–Crippen LogP) is 2.62. The van der Waals surface area contributed by atoms with E-state index in [1.165, 1.54) is 29.4 Å². The van der Waals surface area contributed by atoms with Crippen molar-refractivity contribution in [3.05, 3.63) is 29.0 Å². The van der Waals surface area contributed by atoms with Gasteiger partial charge in [0, 0.05) is 10.9 Å². The quantitative estimate of drug-likeness (QED) is 0.612. The number of aryl methyl sites for hydroxylation is 3. The SMILES string of the molecule is Cc1noc2c3c(ccc12)CCC3. The second-order valence-electron chi connectivity index (χ2n) is 3.70. The van der Waals surface area contributed by atoms with Crippen LogP contribution in [-0.4, -0.2) is 5.16 Å². The predicted molar refractivity (Wildman–Crippen MR) is 50.8 cm³/mol. The van der Waals surface area contributed by atoms with Gasteiger partial charge in [-0.3, -0.25) is 0 Å². The van der Waals surface area contributed by atoms with E-state index in [0.717, 1.165) is 17.7 Å². The summed E-state index contributed by atoms with van der Waals surface area (Å²) < 4.78 is 5.34. The Morgan fingerprint density at radius 2 is 2.23 bits per heavy atom. The van der Waals surface area contributed by atoms with E-state index in [4.69, 9.17) is 4.52 Å². The summed E-state index contributed by atoms with van der Waals surface area (Å²) in [7, 11) is 0. The topological polar surface area (TPSA) is 26.0 Å². The van der Waals surface area contributed by atoms with Crippen LogP contribution in [0.5, 0.6) is 0 Å². The fourth-order valence-corrected chi connectivity index (χ4v) is 2.18. The van der Waals surface area contributed by atoms with Crippen LogP contribution in [0.3, 0.4) is 0 Å². The molecule has 1 aliphatic rings. The number of rotatable bonds is 0. The minimum Gasteiger partial charge on any atom is -0.356 e. The van der Waals surface area contributed by atoms with Gasteiger partial charge >= 0.3 is 0 Å². The molecule has 0 fully saturated rings. The van der Waals surface area contributed by atoms with Crippen LogP contribution in [0, 0.1) is 6.92 Å². The smallest absolute Gasteiger partial charge is 0.170 e. The summed E-state index contributed by atoms with van der Waals surface area (Å²) in [6, 6.07) is 4.35. The van der Waals surface area contributed by atoms with Crippen LogP contribution in [0.15, 0.2) is 16.7 Å². The minimum absolute atomic E-state index is 1.00. The highest BCUT2D eigenvalue weighted by Crippen LogP contribution is 2.30. The van der Waals surface area contributed by atoms with Crippen LogP contribution in [0.1, 0.15) is 23.2 Å². The molecule has 0 bridgehead atoms. The zero-order valence-electron chi connectivity index (χ0n) is 7.63. The average Bonchev–Trinajstić information content (AvgIpc) is 2.70. The van der Waals surface area contributed by atoms with Crippen molar-refractivity contribution in [3.63, 3.8) is 0 Å². The van der Waals surface area contributed by atoms with Gasteiger partial charge in [-0.2, -0.15) is 0 Å². The lowest BCUT2D eigenvalue weighted by Crippen LogP contribution is -1.81. The summed E-state index contributed by atoms with van der Waals surface area (Å²) in [5.74, 6) is 0. The Morgan fingerprint density at radius 3 is 3.15 bits per heavy atom. The van der Waals surface area contributed by atoms with Crippen molar-refractivity contribution in [2.24, 2.45) is 0 Å². The van der Waals surface area contributed by atoms with Gasteiger partial charge in [0.1, 0.15) is 0 Å². The highest BCUT2D eigenvalue weighted by molar-refractivity contribution is 5.83. The van der Waals surface area contributed by atoms with Gasteiger partial charge in [-0.25, -0.2) is 0 Å². The van der Waals surface area contributed by atoms with Crippen LogP contribution < -0.4 is 0 Å². The van der Waals surface area contributed by atoms with Gasteiger partial charge in [0.15, 0.2) is 5.58 Å². The Kier molecular flexibility index (Phi) is 1.29. The lowest BCUT2D eigenvalue weighted by atomic mass is 10.1. The molecule has 0 spiro atoms. The zero-order valence-corrected chi connectivity index (χ0v) is 7.63. The molecule has 1 aliphatic carbocycles. The number of hydrogen-bond acceptors (Lipinski definition) is 2. The summed E-state index contributed by atoms with van der Waals surface area (Å²) in [5, 5.41) is 5.18. The van der Waals surface area contributed by atoms with Crippen molar-refractivity contribution in [3.8, 4) is 0 Å². The van der Waals surface area contributed by atoms with Gasteiger partial charge in [0.25, 0.3) is 0 Å². The molecule has 13 heavy (non-hydrogen) atoms. The maximum atomic E-state index is 5.34. The molecule has 0 amide bonds.